The van der Waals surface area contributed by atoms with Gasteiger partial charge < -0.3 is 10.1 Å². The first-order valence-electron chi connectivity index (χ1n) is 12.3. The maximum Gasteiger partial charge on any atom is 0.255 e. The molecule has 3 aromatic heterocycles. The maximum absolute atomic E-state index is 12.8. The van der Waals surface area contributed by atoms with Crippen molar-refractivity contribution in [3.63, 3.8) is 0 Å². The number of nitriles is 1. The zero-order chi connectivity index (χ0) is 25.2. The first-order chi connectivity index (χ1) is 18.2. The van der Waals surface area contributed by atoms with Crippen LogP contribution in [0.1, 0.15) is 24.0 Å². The predicted octanol–water partition coefficient (Wildman–Crippen LogP) is 3.40. The molecule has 1 fully saturated rings. The molecular weight excluding hydrogens is 466 g/mol. The molecular formula is C28H25N7O2. The summed E-state index contributed by atoms with van der Waals surface area (Å²) in [6, 6.07) is 16.8. The fraction of sp³-hybridized carbons (Fsp3) is 0.250. The van der Waals surface area contributed by atoms with Gasteiger partial charge in [-0.1, -0.05) is 18.2 Å². The Morgan fingerprint density at radius 2 is 1.92 bits per heavy atom. The van der Waals surface area contributed by atoms with E-state index in [-0.39, 0.29) is 5.56 Å². The molecule has 1 N–H and O–H groups in total. The van der Waals surface area contributed by atoms with Crippen LogP contribution in [0.25, 0.3) is 28.2 Å². The van der Waals surface area contributed by atoms with Crippen LogP contribution in [0, 0.1) is 17.2 Å². The third kappa shape index (κ3) is 4.67. The fourth-order valence-electron chi connectivity index (χ4n) is 4.76. The molecule has 37 heavy (non-hydrogen) atoms. The van der Waals surface area contributed by atoms with Crippen LogP contribution in [0.4, 0.5) is 0 Å². The molecule has 0 aliphatic carbocycles. The van der Waals surface area contributed by atoms with E-state index < -0.39 is 0 Å². The van der Waals surface area contributed by atoms with Gasteiger partial charge in [0, 0.05) is 17.8 Å². The molecule has 0 unspecified atom stereocenters. The van der Waals surface area contributed by atoms with Gasteiger partial charge in [-0.2, -0.15) is 5.26 Å². The maximum atomic E-state index is 12.8. The van der Waals surface area contributed by atoms with E-state index in [1.165, 1.54) is 6.07 Å². The lowest BCUT2D eigenvalue weighted by atomic mass is 9.99. The number of aromatic nitrogens is 5. The van der Waals surface area contributed by atoms with E-state index in [1.54, 1.807) is 41.4 Å². The van der Waals surface area contributed by atoms with Crippen LogP contribution in [0.3, 0.4) is 0 Å². The third-order valence-electron chi connectivity index (χ3n) is 6.77. The second-order valence-electron chi connectivity index (χ2n) is 9.28. The minimum absolute atomic E-state index is 0.153. The molecule has 0 spiro atoms. The fourth-order valence-corrected chi connectivity index (χ4v) is 4.76. The zero-order valence-corrected chi connectivity index (χ0v) is 20.2. The summed E-state index contributed by atoms with van der Waals surface area (Å²) in [4.78, 5) is 26.5. The lowest BCUT2D eigenvalue weighted by Gasteiger charge is -2.22. The molecule has 0 atom stereocenters. The number of imidazole rings is 1. The molecule has 9 nitrogen and oxygen atoms in total. The van der Waals surface area contributed by atoms with Crippen LogP contribution < -0.4 is 15.6 Å². The molecule has 5 aromatic rings. The highest BCUT2D eigenvalue weighted by Crippen LogP contribution is 2.21. The second kappa shape index (κ2) is 9.84. The van der Waals surface area contributed by atoms with Crippen molar-refractivity contribution in [3.8, 4) is 23.2 Å². The van der Waals surface area contributed by atoms with Gasteiger partial charge in [0.05, 0.1) is 48.2 Å². The summed E-state index contributed by atoms with van der Waals surface area (Å²) in [5.74, 6) is 2.35. The molecule has 6 rings (SSSR count). The minimum Gasteiger partial charge on any atom is -0.490 e. The number of benzene rings is 2. The van der Waals surface area contributed by atoms with E-state index in [0.717, 1.165) is 48.1 Å². The van der Waals surface area contributed by atoms with E-state index in [4.69, 9.17) is 4.74 Å². The Kier molecular flexibility index (Phi) is 6.08. The summed E-state index contributed by atoms with van der Waals surface area (Å²) < 4.78 is 9.38. The number of fused-ring (bicyclic) bond motifs is 3. The van der Waals surface area contributed by atoms with E-state index in [2.05, 4.69) is 26.3 Å². The number of piperidine rings is 1. The van der Waals surface area contributed by atoms with Crippen LogP contribution in [0.15, 0.2) is 71.9 Å². The lowest BCUT2D eigenvalue weighted by Crippen LogP contribution is -2.30. The Balaban J connectivity index is 1.24. The second-order valence-corrected chi connectivity index (χ2v) is 9.28. The molecule has 1 saturated heterocycles. The highest BCUT2D eigenvalue weighted by molar-refractivity contribution is 5.81. The summed E-state index contributed by atoms with van der Waals surface area (Å²) >= 11 is 0. The molecule has 4 heterocycles. The number of hydrogen-bond acceptors (Lipinski definition) is 7. The monoisotopic (exact) mass is 491 g/mol. The smallest absolute Gasteiger partial charge is 0.255 e. The van der Waals surface area contributed by atoms with E-state index in [1.807, 2.05) is 28.7 Å². The number of nitrogens with zero attached hydrogens (tertiary/aromatic N) is 6. The van der Waals surface area contributed by atoms with Gasteiger partial charge in [0.1, 0.15) is 0 Å². The van der Waals surface area contributed by atoms with Crippen molar-refractivity contribution in [2.45, 2.75) is 19.4 Å². The van der Waals surface area contributed by atoms with Gasteiger partial charge in [-0.3, -0.25) is 13.8 Å². The van der Waals surface area contributed by atoms with Crippen molar-refractivity contribution in [1.82, 2.24) is 29.2 Å². The van der Waals surface area contributed by atoms with Gasteiger partial charge in [0.15, 0.2) is 11.6 Å². The molecule has 0 saturated carbocycles. The predicted molar refractivity (Wildman–Crippen MR) is 139 cm³/mol. The van der Waals surface area contributed by atoms with Crippen molar-refractivity contribution < 1.29 is 4.74 Å². The standard InChI is InChI=1S/C28H25N7O2/c29-14-20-4-5-24-25(13-20)34-11-8-26(36)35(28(34)33-24)17-21-2-1-3-22(12-21)27-31-15-23(16-32-27)37-18-19-6-9-30-10-7-19/h1-5,8,11-13,15-16,19,30H,6-7,9-10,17-18H2. The van der Waals surface area contributed by atoms with Crippen molar-refractivity contribution in [2.24, 2.45) is 5.92 Å². The Bertz CT molecular complexity index is 1680. The number of nitrogens with one attached hydrogen (secondary N) is 1. The van der Waals surface area contributed by atoms with Crippen LogP contribution in [0.2, 0.25) is 0 Å². The topological polar surface area (TPSA) is 110 Å². The summed E-state index contributed by atoms with van der Waals surface area (Å²) in [5.41, 5.74) is 3.68. The van der Waals surface area contributed by atoms with E-state index >= 15 is 0 Å². The van der Waals surface area contributed by atoms with Gasteiger partial charge in [0.25, 0.3) is 5.56 Å². The zero-order valence-electron chi connectivity index (χ0n) is 20.2. The quantitative estimate of drug-likeness (QED) is 0.388. The Hall–Kier alpha value is -4.55. The summed E-state index contributed by atoms with van der Waals surface area (Å²) in [6.45, 7) is 3.10. The Labute approximate surface area is 213 Å². The largest absolute Gasteiger partial charge is 0.490 e. The average Bonchev–Trinajstić information content (AvgIpc) is 3.32. The van der Waals surface area contributed by atoms with Crippen LogP contribution in [0.5, 0.6) is 5.75 Å². The summed E-state index contributed by atoms with van der Waals surface area (Å²) in [7, 11) is 0. The molecule has 2 aromatic carbocycles. The number of rotatable bonds is 6. The SMILES string of the molecule is N#Cc1ccc2nc3n(Cc4cccc(-c5ncc(OCC6CCNCC6)cn5)c4)c(=O)ccn3c2c1. The molecule has 9 heteroatoms. The average molecular weight is 492 g/mol. The van der Waals surface area contributed by atoms with Crippen molar-refractivity contribution >= 4 is 16.8 Å². The highest BCUT2D eigenvalue weighted by atomic mass is 16.5. The van der Waals surface area contributed by atoms with Crippen molar-refractivity contribution in [3.05, 3.63) is 88.6 Å². The van der Waals surface area contributed by atoms with Crippen molar-refractivity contribution in [2.75, 3.05) is 19.7 Å². The molecule has 1 aliphatic rings. The molecule has 0 radical (unpaired) electrons. The first kappa shape index (κ1) is 22.9. The summed E-state index contributed by atoms with van der Waals surface area (Å²) in [5, 5.41) is 12.6. The molecule has 0 amide bonds. The van der Waals surface area contributed by atoms with Crippen LogP contribution in [-0.4, -0.2) is 43.6 Å². The van der Waals surface area contributed by atoms with E-state index in [9.17, 15) is 10.1 Å². The van der Waals surface area contributed by atoms with E-state index in [0.29, 0.717) is 42.0 Å². The Morgan fingerprint density at radius 3 is 2.73 bits per heavy atom. The van der Waals surface area contributed by atoms with Gasteiger partial charge >= 0.3 is 0 Å². The lowest BCUT2D eigenvalue weighted by molar-refractivity contribution is 0.214. The van der Waals surface area contributed by atoms with Gasteiger partial charge in [-0.15, -0.1) is 0 Å². The number of hydrogen-bond donors (Lipinski definition) is 1. The van der Waals surface area contributed by atoms with Crippen LogP contribution >= 0.6 is 0 Å². The third-order valence-corrected chi connectivity index (χ3v) is 6.77. The normalized spacial score (nSPS) is 14.1. The molecule has 0 bridgehead atoms. The Morgan fingerprint density at radius 1 is 1.08 bits per heavy atom. The first-order valence-corrected chi connectivity index (χ1v) is 12.3. The molecule has 184 valence electrons. The molecule has 1 aliphatic heterocycles. The summed E-state index contributed by atoms with van der Waals surface area (Å²) in [6.07, 6.45) is 7.37. The van der Waals surface area contributed by atoms with Crippen LogP contribution in [-0.2, 0) is 6.54 Å². The van der Waals surface area contributed by atoms with Crippen molar-refractivity contribution in [1.29, 1.82) is 5.26 Å². The number of ether oxygens (including phenoxy) is 1. The minimum atomic E-state index is -0.153. The van der Waals surface area contributed by atoms with Gasteiger partial charge in [-0.05, 0) is 61.7 Å². The highest BCUT2D eigenvalue weighted by Gasteiger charge is 2.14. The van der Waals surface area contributed by atoms with Gasteiger partial charge in [-0.25, -0.2) is 15.0 Å². The van der Waals surface area contributed by atoms with Gasteiger partial charge in [0.2, 0.25) is 5.78 Å².